The lowest BCUT2D eigenvalue weighted by atomic mass is 9.72. The smallest absolute Gasteiger partial charge is 0.126 e. The summed E-state index contributed by atoms with van der Waals surface area (Å²) in [5.74, 6) is 0.0539. The van der Waals surface area contributed by atoms with E-state index < -0.39 is 5.60 Å². The van der Waals surface area contributed by atoms with Crippen molar-refractivity contribution in [2.75, 3.05) is 19.6 Å². The predicted octanol–water partition coefficient (Wildman–Crippen LogP) is 4.41. The van der Waals surface area contributed by atoms with E-state index in [1.807, 2.05) is 12.1 Å². The van der Waals surface area contributed by atoms with Gasteiger partial charge < -0.3 is 10.0 Å². The van der Waals surface area contributed by atoms with Crippen LogP contribution in [-0.4, -0.2) is 35.2 Å². The summed E-state index contributed by atoms with van der Waals surface area (Å²) < 4.78 is 14.0. The topological polar surface area (TPSA) is 23.5 Å². The van der Waals surface area contributed by atoms with Gasteiger partial charge in [-0.25, -0.2) is 4.39 Å². The van der Waals surface area contributed by atoms with Gasteiger partial charge in [0.25, 0.3) is 0 Å². The molecule has 1 aliphatic rings. The Balaban J connectivity index is 2.11. The molecule has 23 heavy (non-hydrogen) atoms. The molecule has 0 amide bonds. The number of hydrogen-bond acceptors (Lipinski definition) is 2. The number of aliphatic hydroxyl groups is 1. The minimum Gasteiger partial charge on any atom is -0.389 e. The maximum absolute atomic E-state index is 14.0. The molecule has 0 aliphatic heterocycles. The fourth-order valence-corrected chi connectivity index (χ4v) is 4.00. The van der Waals surface area contributed by atoms with Crippen molar-refractivity contribution in [1.82, 2.24) is 4.90 Å². The van der Waals surface area contributed by atoms with E-state index in [1.54, 1.807) is 6.07 Å². The van der Waals surface area contributed by atoms with Crippen molar-refractivity contribution in [1.29, 1.82) is 0 Å². The van der Waals surface area contributed by atoms with Gasteiger partial charge in [-0.3, -0.25) is 0 Å². The lowest BCUT2D eigenvalue weighted by Crippen LogP contribution is -2.48. The molecule has 2 rings (SSSR count). The molecule has 1 N–H and O–H groups in total. The number of benzene rings is 1. The zero-order chi connectivity index (χ0) is 16.7. The summed E-state index contributed by atoms with van der Waals surface area (Å²) in [6.07, 6.45) is 6.78. The van der Waals surface area contributed by atoms with Gasteiger partial charge in [-0.05, 0) is 50.4 Å². The molecular formula is C20H32FNO. The van der Waals surface area contributed by atoms with Crippen molar-refractivity contribution in [3.63, 3.8) is 0 Å². The van der Waals surface area contributed by atoms with E-state index in [0.29, 0.717) is 12.0 Å². The van der Waals surface area contributed by atoms with Crippen LogP contribution in [0.15, 0.2) is 24.3 Å². The van der Waals surface area contributed by atoms with Crippen LogP contribution in [0.1, 0.15) is 57.9 Å². The van der Waals surface area contributed by atoms with Gasteiger partial charge in [0.2, 0.25) is 0 Å². The zero-order valence-corrected chi connectivity index (χ0v) is 14.7. The van der Waals surface area contributed by atoms with E-state index in [0.717, 1.165) is 51.7 Å². The molecule has 0 radical (unpaired) electrons. The average Bonchev–Trinajstić information content (AvgIpc) is 2.52. The second-order valence-corrected chi connectivity index (χ2v) is 7.12. The predicted molar refractivity (Wildman–Crippen MR) is 94.0 cm³/mol. The van der Waals surface area contributed by atoms with Crippen LogP contribution in [0.3, 0.4) is 0 Å². The normalized spacial score (nSPS) is 25.0. The fraction of sp³-hybridized carbons (Fsp3) is 0.700. The van der Waals surface area contributed by atoms with E-state index >= 15 is 0 Å². The summed E-state index contributed by atoms with van der Waals surface area (Å²) in [5.41, 5.74) is -0.111. The Hall–Kier alpha value is -0.930. The second-order valence-electron chi connectivity index (χ2n) is 7.12. The number of hydrogen-bond donors (Lipinski definition) is 1. The zero-order valence-electron chi connectivity index (χ0n) is 14.7. The molecule has 2 atom stereocenters. The molecule has 0 unspecified atom stereocenters. The molecule has 0 bridgehead atoms. The van der Waals surface area contributed by atoms with Gasteiger partial charge in [0.15, 0.2) is 0 Å². The van der Waals surface area contributed by atoms with Crippen molar-refractivity contribution in [2.24, 2.45) is 5.92 Å². The molecule has 0 heterocycles. The molecule has 1 fully saturated rings. The standard InChI is InChI=1S/C20H32FNO/c1-3-13-22(14-4-2)16-18-10-7-8-12-20(18,23)15-17-9-5-6-11-19(17)21/h5-6,9,11,18,23H,3-4,7-8,10,12-16H2,1-2H3/t18-,20+/m1/s1. The highest BCUT2D eigenvalue weighted by Crippen LogP contribution is 2.37. The Morgan fingerprint density at radius 2 is 1.87 bits per heavy atom. The maximum atomic E-state index is 14.0. The highest BCUT2D eigenvalue weighted by molar-refractivity contribution is 5.20. The summed E-state index contributed by atoms with van der Waals surface area (Å²) in [7, 11) is 0. The number of nitrogens with zero attached hydrogens (tertiary/aromatic N) is 1. The van der Waals surface area contributed by atoms with Gasteiger partial charge in [-0.2, -0.15) is 0 Å². The van der Waals surface area contributed by atoms with E-state index in [9.17, 15) is 9.50 Å². The third kappa shape index (κ3) is 5.02. The van der Waals surface area contributed by atoms with Crippen molar-refractivity contribution in [3.05, 3.63) is 35.6 Å². The first-order chi connectivity index (χ1) is 11.1. The van der Waals surface area contributed by atoms with Crippen LogP contribution in [0.2, 0.25) is 0 Å². The second kappa shape index (κ2) is 8.79. The highest BCUT2D eigenvalue weighted by atomic mass is 19.1. The fourth-order valence-electron chi connectivity index (χ4n) is 4.00. The van der Waals surface area contributed by atoms with Crippen LogP contribution in [0.5, 0.6) is 0 Å². The minimum absolute atomic E-state index is 0.191. The molecule has 1 aromatic rings. The first-order valence-corrected chi connectivity index (χ1v) is 9.27. The summed E-state index contributed by atoms with van der Waals surface area (Å²) in [5, 5.41) is 11.3. The number of halogens is 1. The molecule has 0 aromatic heterocycles. The van der Waals surface area contributed by atoms with Crippen LogP contribution in [0.25, 0.3) is 0 Å². The molecule has 3 heteroatoms. The molecule has 0 saturated heterocycles. The lowest BCUT2D eigenvalue weighted by molar-refractivity contribution is -0.0596. The Morgan fingerprint density at radius 1 is 1.17 bits per heavy atom. The van der Waals surface area contributed by atoms with Gasteiger partial charge in [-0.15, -0.1) is 0 Å². The lowest BCUT2D eigenvalue weighted by Gasteiger charge is -2.42. The Morgan fingerprint density at radius 3 is 2.52 bits per heavy atom. The summed E-state index contributed by atoms with van der Waals surface area (Å²) in [4.78, 5) is 2.47. The van der Waals surface area contributed by atoms with Gasteiger partial charge in [0, 0.05) is 18.9 Å². The Kier molecular flexibility index (Phi) is 7.04. The molecule has 130 valence electrons. The summed E-state index contributed by atoms with van der Waals surface area (Å²) in [6, 6.07) is 6.89. The van der Waals surface area contributed by atoms with Crippen molar-refractivity contribution >= 4 is 0 Å². The van der Waals surface area contributed by atoms with Crippen LogP contribution in [0.4, 0.5) is 4.39 Å². The maximum Gasteiger partial charge on any atom is 0.126 e. The van der Waals surface area contributed by atoms with E-state index in [2.05, 4.69) is 18.7 Å². The molecule has 1 aromatic carbocycles. The quantitative estimate of drug-likeness (QED) is 0.766. The third-order valence-electron chi connectivity index (χ3n) is 5.18. The average molecular weight is 321 g/mol. The summed E-state index contributed by atoms with van der Waals surface area (Å²) in [6.45, 7) is 7.51. The molecular weight excluding hydrogens is 289 g/mol. The largest absolute Gasteiger partial charge is 0.389 e. The monoisotopic (exact) mass is 321 g/mol. The molecule has 1 aliphatic carbocycles. The molecule has 2 nitrogen and oxygen atoms in total. The van der Waals surface area contributed by atoms with Crippen LogP contribution >= 0.6 is 0 Å². The van der Waals surface area contributed by atoms with Gasteiger partial charge in [0.05, 0.1) is 5.60 Å². The van der Waals surface area contributed by atoms with Crippen LogP contribution in [0, 0.1) is 11.7 Å². The Labute approximate surface area is 140 Å². The summed E-state index contributed by atoms with van der Waals surface area (Å²) >= 11 is 0. The first-order valence-electron chi connectivity index (χ1n) is 9.27. The molecule has 0 spiro atoms. The van der Waals surface area contributed by atoms with Crippen LogP contribution < -0.4 is 0 Å². The van der Waals surface area contributed by atoms with Crippen molar-refractivity contribution in [2.45, 2.75) is 64.4 Å². The SMILES string of the molecule is CCCN(CCC)C[C@H]1CCCC[C@]1(O)Cc1ccccc1F. The number of rotatable bonds is 8. The van der Waals surface area contributed by atoms with E-state index in [-0.39, 0.29) is 11.7 Å². The minimum atomic E-state index is -0.764. The van der Waals surface area contributed by atoms with E-state index in [1.165, 1.54) is 12.5 Å². The van der Waals surface area contributed by atoms with Gasteiger partial charge >= 0.3 is 0 Å². The van der Waals surface area contributed by atoms with Gasteiger partial charge in [0.1, 0.15) is 5.82 Å². The van der Waals surface area contributed by atoms with Crippen molar-refractivity contribution in [3.8, 4) is 0 Å². The van der Waals surface area contributed by atoms with E-state index in [4.69, 9.17) is 0 Å². The Bertz CT molecular complexity index is 472. The molecule has 1 saturated carbocycles. The van der Waals surface area contributed by atoms with Crippen molar-refractivity contribution < 1.29 is 9.50 Å². The van der Waals surface area contributed by atoms with Gasteiger partial charge in [-0.1, -0.05) is 44.9 Å². The highest BCUT2D eigenvalue weighted by Gasteiger charge is 2.39. The van der Waals surface area contributed by atoms with Crippen LogP contribution in [-0.2, 0) is 6.42 Å². The third-order valence-corrected chi connectivity index (χ3v) is 5.18. The first kappa shape index (κ1) is 18.4.